The Kier molecular flexibility index (Phi) is 7.02. The highest BCUT2D eigenvalue weighted by molar-refractivity contribution is 7.89. The zero-order chi connectivity index (χ0) is 19.0. The summed E-state index contributed by atoms with van der Waals surface area (Å²) < 4.78 is 32.3. The van der Waals surface area contributed by atoms with Gasteiger partial charge in [-0.25, -0.2) is 8.42 Å². The van der Waals surface area contributed by atoms with Crippen molar-refractivity contribution in [3.05, 3.63) is 65.7 Å². The maximum atomic E-state index is 12.9. The van der Waals surface area contributed by atoms with E-state index in [1.807, 2.05) is 43.3 Å². The molecule has 26 heavy (non-hydrogen) atoms. The summed E-state index contributed by atoms with van der Waals surface area (Å²) in [5, 5.41) is 0. The van der Waals surface area contributed by atoms with Crippen molar-refractivity contribution in [2.75, 3.05) is 20.2 Å². The molecule has 0 atom stereocenters. The van der Waals surface area contributed by atoms with Crippen LogP contribution in [0.5, 0.6) is 5.75 Å². The van der Waals surface area contributed by atoms with Crippen LogP contribution in [0.15, 0.2) is 59.5 Å². The second-order valence-corrected chi connectivity index (χ2v) is 7.65. The van der Waals surface area contributed by atoms with Crippen molar-refractivity contribution in [2.24, 2.45) is 0 Å². The molecule has 0 aliphatic heterocycles. The van der Waals surface area contributed by atoms with E-state index in [0.717, 1.165) is 16.9 Å². The van der Waals surface area contributed by atoms with E-state index in [9.17, 15) is 8.42 Å². The molecule has 2 aromatic carbocycles. The van der Waals surface area contributed by atoms with Crippen LogP contribution in [0.3, 0.4) is 0 Å². The van der Waals surface area contributed by atoms with Crippen molar-refractivity contribution in [3.63, 3.8) is 0 Å². The summed E-state index contributed by atoms with van der Waals surface area (Å²) in [5.74, 6) is 6.38. The van der Waals surface area contributed by atoms with Crippen molar-refractivity contribution in [3.8, 4) is 17.6 Å². The summed E-state index contributed by atoms with van der Waals surface area (Å²) in [6.45, 7) is 4.02. The fraction of sp³-hybridized carbons (Fsp3) is 0.238. The van der Waals surface area contributed by atoms with Gasteiger partial charge in [0.15, 0.2) is 0 Å². The minimum Gasteiger partial charge on any atom is -0.497 e. The lowest BCUT2D eigenvalue weighted by Crippen LogP contribution is -2.31. The Morgan fingerprint density at radius 2 is 1.73 bits per heavy atom. The van der Waals surface area contributed by atoms with Crippen LogP contribution >= 0.6 is 0 Å². The van der Waals surface area contributed by atoms with E-state index in [1.54, 1.807) is 38.3 Å². The number of methoxy groups -OCH3 is 1. The van der Waals surface area contributed by atoms with Gasteiger partial charge in [0.2, 0.25) is 10.0 Å². The van der Waals surface area contributed by atoms with Gasteiger partial charge in [-0.15, -0.1) is 5.92 Å². The molecule has 0 fully saturated rings. The Bertz CT molecular complexity index is 902. The number of rotatable bonds is 7. The van der Waals surface area contributed by atoms with Gasteiger partial charge in [-0.1, -0.05) is 47.9 Å². The molecule has 2 aromatic rings. The highest BCUT2D eigenvalue weighted by Gasteiger charge is 2.22. The van der Waals surface area contributed by atoms with Crippen LogP contribution in [0.2, 0.25) is 0 Å². The zero-order valence-electron chi connectivity index (χ0n) is 15.3. The van der Waals surface area contributed by atoms with Gasteiger partial charge in [-0.3, -0.25) is 0 Å². The third kappa shape index (κ3) is 5.22. The maximum absolute atomic E-state index is 12.9. The number of hydrogen-bond acceptors (Lipinski definition) is 3. The minimum atomic E-state index is -3.60. The van der Waals surface area contributed by atoms with Crippen LogP contribution < -0.4 is 4.74 Å². The van der Waals surface area contributed by atoms with E-state index in [1.165, 1.54) is 4.31 Å². The van der Waals surface area contributed by atoms with Crippen LogP contribution in [-0.4, -0.2) is 32.9 Å². The first kappa shape index (κ1) is 19.8. The lowest BCUT2D eigenvalue weighted by atomic mass is 10.2. The number of hydrogen-bond donors (Lipinski definition) is 0. The smallest absolute Gasteiger partial charge is 0.244 e. The summed E-state index contributed by atoms with van der Waals surface area (Å²) in [5.41, 5.74) is 1.99. The first-order valence-electron chi connectivity index (χ1n) is 8.24. The van der Waals surface area contributed by atoms with E-state index in [-0.39, 0.29) is 18.0 Å². The van der Waals surface area contributed by atoms with Crippen LogP contribution in [0.25, 0.3) is 6.08 Å². The molecule has 0 unspecified atom stereocenters. The molecule has 0 aromatic heterocycles. The molecule has 0 heterocycles. The van der Waals surface area contributed by atoms with E-state index < -0.39 is 10.0 Å². The van der Waals surface area contributed by atoms with Crippen molar-refractivity contribution in [1.82, 2.24) is 4.31 Å². The van der Waals surface area contributed by atoms with E-state index >= 15 is 0 Å². The molecule has 4 nitrogen and oxygen atoms in total. The third-order valence-electron chi connectivity index (χ3n) is 3.83. The number of ether oxygens (including phenoxy) is 1. The Labute approximate surface area is 156 Å². The largest absolute Gasteiger partial charge is 0.497 e. The predicted molar refractivity (Wildman–Crippen MR) is 105 cm³/mol. The molecule has 0 amide bonds. The lowest BCUT2D eigenvalue weighted by Gasteiger charge is -2.18. The Balaban J connectivity index is 2.18. The summed E-state index contributed by atoms with van der Waals surface area (Å²) in [4.78, 5) is 0.277. The van der Waals surface area contributed by atoms with Gasteiger partial charge in [0.05, 0.1) is 18.6 Å². The first-order chi connectivity index (χ1) is 12.5. The molecular formula is C21H23NO3S. The van der Waals surface area contributed by atoms with Gasteiger partial charge in [0.25, 0.3) is 0 Å². The Morgan fingerprint density at radius 1 is 1.08 bits per heavy atom. The predicted octanol–water partition coefficient (Wildman–Crippen LogP) is 3.73. The summed E-state index contributed by atoms with van der Waals surface area (Å²) in [6.07, 6.45) is 3.71. The molecule has 0 N–H and O–H groups in total. The average molecular weight is 369 g/mol. The standard InChI is InChI=1S/C21H23NO3S/c1-4-5-16-22(26(23,24)21-14-8-18(2)9-15-21)17-6-7-19-10-12-20(25-3)13-11-19/h6-15H,16-17H2,1-3H3/b7-6+. The van der Waals surface area contributed by atoms with Crippen molar-refractivity contribution in [1.29, 1.82) is 0 Å². The normalized spacial score (nSPS) is 11.4. The Morgan fingerprint density at radius 3 is 2.31 bits per heavy atom. The zero-order valence-corrected chi connectivity index (χ0v) is 16.1. The van der Waals surface area contributed by atoms with Crippen LogP contribution in [0, 0.1) is 18.8 Å². The summed E-state index contributed by atoms with van der Waals surface area (Å²) >= 11 is 0. The average Bonchev–Trinajstić information content (AvgIpc) is 2.65. The third-order valence-corrected chi connectivity index (χ3v) is 5.65. The van der Waals surface area contributed by atoms with Crippen molar-refractivity contribution >= 4 is 16.1 Å². The van der Waals surface area contributed by atoms with Gasteiger partial charge < -0.3 is 4.74 Å². The molecular weight excluding hydrogens is 346 g/mol. The quantitative estimate of drug-likeness (QED) is 0.699. The van der Waals surface area contributed by atoms with E-state index in [4.69, 9.17) is 4.74 Å². The fourth-order valence-corrected chi connectivity index (χ4v) is 3.59. The van der Waals surface area contributed by atoms with Crippen molar-refractivity contribution < 1.29 is 13.2 Å². The highest BCUT2D eigenvalue weighted by atomic mass is 32.2. The van der Waals surface area contributed by atoms with Crippen molar-refractivity contribution in [2.45, 2.75) is 18.7 Å². The topological polar surface area (TPSA) is 46.6 Å². The van der Waals surface area contributed by atoms with Crippen LogP contribution in [0.1, 0.15) is 18.1 Å². The number of nitrogens with zero attached hydrogens (tertiary/aromatic N) is 1. The SMILES string of the molecule is CC#CCN(C/C=C/c1ccc(OC)cc1)S(=O)(=O)c1ccc(C)cc1. The van der Waals surface area contributed by atoms with Gasteiger partial charge in [-0.2, -0.15) is 4.31 Å². The Hall–Kier alpha value is -2.55. The summed E-state index contributed by atoms with van der Waals surface area (Å²) in [7, 11) is -1.98. The second kappa shape index (κ2) is 9.23. The van der Waals surface area contributed by atoms with E-state index in [0.29, 0.717) is 0 Å². The monoisotopic (exact) mass is 369 g/mol. The molecule has 136 valence electrons. The first-order valence-corrected chi connectivity index (χ1v) is 9.68. The molecule has 0 radical (unpaired) electrons. The number of benzene rings is 2. The second-order valence-electron chi connectivity index (χ2n) is 5.71. The number of aryl methyl sites for hydroxylation is 1. The molecule has 0 aliphatic carbocycles. The number of sulfonamides is 1. The van der Waals surface area contributed by atoms with Gasteiger partial charge in [0, 0.05) is 6.54 Å². The highest BCUT2D eigenvalue weighted by Crippen LogP contribution is 2.17. The van der Waals surface area contributed by atoms with Crippen LogP contribution in [-0.2, 0) is 10.0 Å². The maximum Gasteiger partial charge on any atom is 0.244 e. The van der Waals surface area contributed by atoms with Crippen LogP contribution in [0.4, 0.5) is 0 Å². The molecule has 0 bridgehead atoms. The molecule has 0 saturated heterocycles. The molecule has 0 saturated carbocycles. The summed E-state index contributed by atoms with van der Waals surface area (Å²) in [6, 6.07) is 14.4. The molecule has 0 spiro atoms. The van der Waals surface area contributed by atoms with Gasteiger partial charge >= 0.3 is 0 Å². The molecule has 2 rings (SSSR count). The fourth-order valence-electron chi connectivity index (χ4n) is 2.30. The minimum absolute atomic E-state index is 0.152. The molecule has 5 heteroatoms. The van der Waals surface area contributed by atoms with Gasteiger partial charge in [-0.05, 0) is 43.7 Å². The lowest BCUT2D eigenvalue weighted by molar-refractivity contribution is 0.415. The molecule has 0 aliphatic rings. The van der Waals surface area contributed by atoms with Gasteiger partial charge in [0.1, 0.15) is 5.75 Å². The van der Waals surface area contributed by atoms with E-state index in [2.05, 4.69) is 11.8 Å².